The van der Waals surface area contributed by atoms with Crippen LogP contribution in [0.5, 0.6) is 0 Å². The third-order valence-corrected chi connectivity index (χ3v) is 5.92. The van der Waals surface area contributed by atoms with Crippen LogP contribution in [0.4, 0.5) is 0 Å². The minimum absolute atomic E-state index is 0.405. The summed E-state index contributed by atoms with van der Waals surface area (Å²) in [5.41, 5.74) is 4.00. The second-order valence-electron chi connectivity index (χ2n) is 6.53. The van der Waals surface area contributed by atoms with Gasteiger partial charge in [0.05, 0.1) is 12.5 Å². The zero-order valence-corrected chi connectivity index (χ0v) is 15.2. The molecule has 126 valence electrons. The minimum atomic E-state index is 0.405. The Balaban J connectivity index is 1.61. The standard InChI is InChI=1S/C22H22N2S/c1-16(17-8-3-2-4-9-17)23-15-20(22-12-7-13-25-22)19-14-24-21-11-6-5-10-18(19)21/h2-14,16,20,23-24H,15H2,1H3/p+1/t16-,20+/m0/s1. The van der Waals surface area contributed by atoms with Crippen molar-refractivity contribution in [2.75, 3.05) is 6.54 Å². The van der Waals surface area contributed by atoms with Crippen LogP contribution in [-0.2, 0) is 0 Å². The molecule has 0 spiro atoms. The highest BCUT2D eigenvalue weighted by Gasteiger charge is 2.22. The van der Waals surface area contributed by atoms with Crippen LogP contribution in [0.1, 0.15) is 34.9 Å². The molecule has 0 saturated heterocycles. The molecule has 0 radical (unpaired) electrons. The predicted molar refractivity (Wildman–Crippen MR) is 106 cm³/mol. The fourth-order valence-electron chi connectivity index (χ4n) is 3.50. The van der Waals surface area contributed by atoms with Gasteiger partial charge in [0.1, 0.15) is 6.04 Å². The molecule has 3 N–H and O–H groups in total. The Morgan fingerprint density at radius 1 is 0.960 bits per heavy atom. The lowest BCUT2D eigenvalue weighted by atomic mass is 9.96. The molecule has 0 aliphatic carbocycles. The van der Waals surface area contributed by atoms with Gasteiger partial charge in [0.25, 0.3) is 0 Å². The van der Waals surface area contributed by atoms with Crippen molar-refractivity contribution in [1.82, 2.24) is 4.98 Å². The number of para-hydroxylation sites is 1. The number of benzene rings is 2. The molecule has 2 nitrogen and oxygen atoms in total. The second kappa shape index (κ2) is 7.26. The quantitative estimate of drug-likeness (QED) is 0.507. The number of hydrogen-bond acceptors (Lipinski definition) is 1. The number of nitrogens with one attached hydrogen (secondary N) is 1. The monoisotopic (exact) mass is 347 g/mol. The molecule has 0 bridgehead atoms. The summed E-state index contributed by atoms with van der Waals surface area (Å²) in [4.78, 5) is 4.87. The molecule has 0 unspecified atom stereocenters. The van der Waals surface area contributed by atoms with Crippen molar-refractivity contribution in [2.24, 2.45) is 0 Å². The molecule has 0 aliphatic rings. The van der Waals surface area contributed by atoms with E-state index < -0.39 is 0 Å². The molecule has 2 heterocycles. The molecule has 0 amide bonds. The van der Waals surface area contributed by atoms with Crippen molar-refractivity contribution in [3.8, 4) is 0 Å². The smallest absolute Gasteiger partial charge is 0.109 e. The summed E-state index contributed by atoms with van der Waals surface area (Å²) in [7, 11) is 0. The van der Waals surface area contributed by atoms with Crippen LogP contribution in [0.15, 0.2) is 78.3 Å². The number of rotatable bonds is 6. The van der Waals surface area contributed by atoms with Crippen molar-refractivity contribution < 1.29 is 5.32 Å². The third kappa shape index (κ3) is 3.39. The van der Waals surface area contributed by atoms with Gasteiger partial charge in [-0.15, -0.1) is 11.3 Å². The molecule has 2 aromatic heterocycles. The number of aromatic amines is 1. The number of quaternary nitrogens is 1. The summed E-state index contributed by atoms with van der Waals surface area (Å²) >= 11 is 1.85. The van der Waals surface area contributed by atoms with E-state index in [1.54, 1.807) is 0 Å². The van der Waals surface area contributed by atoms with Crippen molar-refractivity contribution in [2.45, 2.75) is 18.9 Å². The third-order valence-electron chi connectivity index (χ3n) is 4.93. The van der Waals surface area contributed by atoms with Crippen molar-refractivity contribution >= 4 is 22.2 Å². The van der Waals surface area contributed by atoms with Gasteiger partial charge in [-0.1, -0.05) is 54.6 Å². The highest BCUT2D eigenvalue weighted by Crippen LogP contribution is 2.32. The van der Waals surface area contributed by atoms with E-state index in [9.17, 15) is 0 Å². The van der Waals surface area contributed by atoms with Gasteiger partial charge >= 0.3 is 0 Å². The molecule has 4 rings (SSSR count). The van der Waals surface area contributed by atoms with Gasteiger partial charge in [0.15, 0.2) is 0 Å². The van der Waals surface area contributed by atoms with Gasteiger partial charge in [-0.25, -0.2) is 0 Å². The molecule has 4 aromatic rings. The fraction of sp³-hybridized carbons (Fsp3) is 0.182. The van der Waals surface area contributed by atoms with Gasteiger partial charge in [-0.05, 0) is 30.0 Å². The van der Waals surface area contributed by atoms with Crippen LogP contribution in [0.2, 0.25) is 0 Å². The lowest BCUT2D eigenvalue weighted by molar-refractivity contribution is -0.693. The maximum atomic E-state index is 3.44. The summed E-state index contributed by atoms with van der Waals surface area (Å²) < 4.78 is 0. The summed E-state index contributed by atoms with van der Waals surface area (Å²) in [5, 5.41) is 5.97. The maximum Gasteiger partial charge on any atom is 0.109 e. The number of fused-ring (bicyclic) bond motifs is 1. The highest BCUT2D eigenvalue weighted by molar-refractivity contribution is 7.10. The van der Waals surface area contributed by atoms with Crippen LogP contribution < -0.4 is 5.32 Å². The van der Waals surface area contributed by atoms with Crippen molar-refractivity contribution in [1.29, 1.82) is 0 Å². The predicted octanol–water partition coefficient (Wildman–Crippen LogP) is 4.69. The lowest BCUT2D eigenvalue weighted by Gasteiger charge is -2.17. The molecule has 3 heteroatoms. The summed E-state index contributed by atoms with van der Waals surface area (Å²) in [6, 6.07) is 24.2. The zero-order chi connectivity index (χ0) is 17.1. The van der Waals surface area contributed by atoms with Gasteiger partial charge in [-0.3, -0.25) is 0 Å². The molecular formula is C22H23N2S+. The lowest BCUT2D eigenvalue weighted by Crippen LogP contribution is -2.85. The molecular weight excluding hydrogens is 324 g/mol. The first-order valence-corrected chi connectivity index (χ1v) is 9.68. The number of H-pyrrole nitrogens is 1. The van der Waals surface area contributed by atoms with E-state index in [1.807, 2.05) is 11.3 Å². The van der Waals surface area contributed by atoms with E-state index in [0.717, 1.165) is 6.54 Å². The Morgan fingerprint density at radius 2 is 1.76 bits per heavy atom. The largest absolute Gasteiger partial charge is 0.361 e. The summed E-state index contributed by atoms with van der Waals surface area (Å²) in [5.74, 6) is 0.405. The van der Waals surface area contributed by atoms with Crippen LogP contribution in [0.25, 0.3) is 10.9 Å². The maximum absolute atomic E-state index is 3.44. The van der Waals surface area contributed by atoms with E-state index in [0.29, 0.717) is 12.0 Å². The zero-order valence-electron chi connectivity index (χ0n) is 14.4. The molecule has 0 saturated carbocycles. The normalized spacial score (nSPS) is 13.8. The first-order chi connectivity index (χ1) is 12.3. The van der Waals surface area contributed by atoms with Gasteiger partial charge < -0.3 is 10.3 Å². The second-order valence-corrected chi connectivity index (χ2v) is 7.51. The Hall–Kier alpha value is -2.36. The SMILES string of the molecule is C[C@H]([NH2+]C[C@@H](c1cccs1)c1c[nH]c2ccccc12)c1ccccc1. The Kier molecular flexibility index (Phi) is 4.68. The average molecular weight is 348 g/mol. The molecule has 2 aromatic carbocycles. The molecule has 0 aliphatic heterocycles. The van der Waals surface area contributed by atoms with E-state index in [1.165, 1.54) is 26.9 Å². The van der Waals surface area contributed by atoms with Crippen LogP contribution in [0.3, 0.4) is 0 Å². The first kappa shape index (κ1) is 16.1. The summed E-state index contributed by atoms with van der Waals surface area (Å²) in [6.07, 6.45) is 2.19. The molecule has 2 atom stereocenters. The number of aromatic nitrogens is 1. The molecule has 0 fully saturated rings. The van der Waals surface area contributed by atoms with E-state index in [2.05, 4.69) is 95.5 Å². The number of hydrogen-bond donors (Lipinski definition) is 2. The van der Waals surface area contributed by atoms with E-state index in [-0.39, 0.29) is 0 Å². The average Bonchev–Trinajstić information content (AvgIpc) is 3.33. The number of thiophene rings is 1. The fourth-order valence-corrected chi connectivity index (χ4v) is 4.36. The van der Waals surface area contributed by atoms with Crippen LogP contribution in [0, 0.1) is 0 Å². The van der Waals surface area contributed by atoms with Crippen LogP contribution >= 0.6 is 11.3 Å². The Bertz CT molecular complexity index is 925. The van der Waals surface area contributed by atoms with Crippen LogP contribution in [-0.4, -0.2) is 11.5 Å². The van der Waals surface area contributed by atoms with Crippen molar-refractivity contribution in [3.63, 3.8) is 0 Å². The first-order valence-electron chi connectivity index (χ1n) is 8.80. The molecule has 25 heavy (non-hydrogen) atoms. The Labute approximate surface area is 152 Å². The minimum Gasteiger partial charge on any atom is -0.361 e. The number of nitrogens with two attached hydrogens (primary N) is 1. The van der Waals surface area contributed by atoms with E-state index >= 15 is 0 Å². The topological polar surface area (TPSA) is 32.4 Å². The van der Waals surface area contributed by atoms with E-state index in [4.69, 9.17) is 0 Å². The Morgan fingerprint density at radius 3 is 2.56 bits per heavy atom. The summed E-state index contributed by atoms with van der Waals surface area (Å²) in [6.45, 7) is 3.33. The van der Waals surface area contributed by atoms with Gasteiger partial charge in [-0.2, -0.15) is 0 Å². The highest BCUT2D eigenvalue weighted by atomic mass is 32.1. The van der Waals surface area contributed by atoms with Gasteiger partial charge in [0, 0.05) is 27.5 Å². The van der Waals surface area contributed by atoms with Gasteiger partial charge in [0.2, 0.25) is 0 Å². The van der Waals surface area contributed by atoms with Crippen molar-refractivity contribution in [3.05, 3.63) is 94.3 Å².